The van der Waals surface area contributed by atoms with Gasteiger partial charge in [0.2, 0.25) is 5.88 Å². The summed E-state index contributed by atoms with van der Waals surface area (Å²) >= 11 is 0. The first-order valence-electron chi connectivity index (χ1n) is 9.45. The normalized spacial score (nSPS) is 14.5. The van der Waals surface area contributed by atoms with Gasteiger partial charge in [-0.15, -0.1) is 0 Å². The lowest BCUT2D eigenvalue weighted by molar-refractivity contribution is 0.410. The van der Waals surface area contributed by atoms with Crippen LogP contribution in [0.15, 0.2) is 71.6 Å². The number of nitrogens with zero attached hydrogens (tertiary/aromatic N) is 2. The largest absolute Gasteiger partial charge is 0.508 e. The lowest BCUT2D eigenvalue weighted by Gasteiger charge is -2.28. The molecule has 7 heteroatoms. The van der Waals surface area contributed by atoms with Crippen molar-refractivity contribution in [2.24, 2.45) is 0 Å². The molecule has 1 aliphatic rings. The van der Waals surface area contributed by atoms with Crippen LogP contribution in [-0.2, 0) is 6.54 Å². The molecule has 1 aliphatic heterocycles. The molecule has 2 aromatic carbocycles. The SMILES string of the molecule is COc1ccc([C@@H]2c3ccc(O)cc3Oc3ncn(Cc4ccco4)c(=N)c32)cc1. The molecule has 2 aromatic heterocycles. The van der Waals surface area contributed by atoms with Gasteiger partial charge in [-0.05, 0) is 35.9 Å². The van der Waals surface area contributed by atoms with Crippen LogP contribution in [0, 0.1) is 5.41 Å². The van der Waals surface area contributed by atoms with E-state index in [4.69, 9.17) is 19.3 Å². The number of phenolic OH excluding ortho intramolecular Hbond substituents is 1. The highest BCUT2D eigenvalue weighted by Crippen LogP contribution is 2.46. The van der Waals surface area contributed by atoms with Crippen molar-refractivity contribution in [2.45, 2.75) is 12.5 Å². The van der Waals surface area contributed by atoms with Crippen molar-refractivity contribution in [1.29, 1.82) is 5.41 Å². The molecule has 0 bridgehead atoms. The van der Waals surface area contributed by atoms with E-state index in [-0.39, 0.29) is 17.2 Å². The van der Waals surface area contributed by atoms with Crippen molar-refractivity contribution in [2.75, 3.05) is 7.11 Å². The maximum Gasteiger partial charge on any atom is 0.228 e. The van der Waals surface area contributed by atoms with E-state index in [2.05, 4.69) is 4.98 Å². The molecule has 0 saturated carbocycles. The Morgan fingerprint density at radius 3 is 2.73 bits per heavy atom. The minimum absolute atomic E-state index is 0.112. The molecule has 0 unspecified atom stereocenters. The topological polar surface area (TPSA) is 93.5 Å². The van der Waals surface area contributed by atoms with Gasteiger partial charge in [-0.3, -0.25) is 5.41 Å². The van der Waals surface area contributed by atoms with Gasteiger partial charge in [0.25, 0.3) is 0 Å². The molecule has 0 aliphatic carbocycles. The lowest BCUT2D eigenvalue weighted by Crippen LogP contribution is -2.30. The number of hydrogen-bond donors (Lipinski definition) is 2. The number of nitrogens with one attached hydrogen (secondary N) is 1. The van der Waals surface area contributed by atoms with Crippen LogP contribution in [0.5, 0.6) is 23.1 Å². The summed E-state index contributed by atoms with van der Waals surface area (Å²) in [6, 6.07) is 16.4. The smallest absolute Gasteiger partial charge is 0.228 e. The number of rotatable bonds is 4. The van der Waals surface area contributed by atoms with Gasteiger partial charge < -0.3 is 23.6 Å². The van der Waals surface area contributed by atoms with E-state index in [1.165, 1.54) is 0 Å². The van der Waals surface area contributed by atoms with E-state index in [9.17, 15) is 5.11 Å². The van der Waals surface area contributed by atoms with E-state index in [0.29, 0.717) is 23.7 Å². The second-order valence-corrected chi connectivity index (χ2v) is 7.05. The molecule has 0 saturated heterocycles. The minimum Gasteiger partial charge on any atom is -0.508 e. The number of aromatic nitrogens is 2. The predicted molar refractivity (Wildman–Crippen MR) is 108 cm³/mol. The number of phenols is 1. The third-order valence-electron chi connectivity index (χ3n) is 5.25. The average molecular weight is 401 g/mol. The molecule has 7 nitrogen and oxygen atoms in total. The molecule has 0 radical (unpaired) electrons. The van der Waals surface area contributed by atoms with Crippen LogP contribution in [0.4, 0.5) is 0 Å². The predicted octanol–water partition coefficient (Wildman–Crippen LogP) is 4.00. The molecule has 0 spiro atoms. The summed E-state index contributed by atoms with van der Waals surface area (Å²) in [4.78, 5) is 4.47. The van der Waals surface area contributed by atoms with Crippen molar-refractivity contribution in [3.63, 3.8) is 0 Å². The quantitative estimate of drug-likeness (QED) is 0.475. The van der Waals surface area contributed by atoms with Crippen molar-refractivity contribution < 1.29 is 19.0 Å². The van der Waals surface area contributed by atoms with E-state index >= 15 is 0 Å². The number of furan rings is 1. The minimum atomic E-state index is -0.278. The molecule has 4 aromatic rings. The Bertz CT molecular complexity index is 1260. The molecule has 0 amide bonds. The Morgan fingerprint density at radius 2 is 2.00 bits per heavy atom. The number of ether oxygens (including phenoxy) is 2. The maximum atomic E-state index is 9.94. The molecular weight excluding hydrogens is 382 g/mol. The highest BCUT2D eigenvalue weighted by molar-refractivity contribution is 5.57. The highest BCUT2D eigenvalue weighted by Gasteiger charge is 2.32. The number of benzene rings is 2. The van der Waals surface area contributed by atoms with E-state index in [0.717, 1.165) is 22.6 Å². The van der Waals surface area contributed by atoms with Gasteiger partial charge in [-0.2, -0.15) is 0 Å². The fourth-order valence-corrected chi connectivity index (χ4v) is 3.79. The van der Waals surface area contributed by atoms with Gasteiger partial charge in [0.15, 0.2) is 0 Å². The molecule has 150 valence electrons. The summed E-state index contributed by atoms with van der Waals surface area (Å²) in [5.41, 5.74) is 2.78. The van der Waals surface area contributed by atoms with Crippen LogP contribution in [0.1, 0.15) is 28.4 Å². The third-order valence-corrected chi connectivity index (χ3v) is 5.25. The fourth-order valence-electron chi connectivity index (χ4n) is 3.79. The first kappa shape index (κ1) is 18.1. The summed E-state index contributed by atoms with van der Waals surface area (Å²) in [5.74, 6) is 2.20. The third kappa shape index (κ3) is 3.00. The summed E-state index contributed by atoms with van der Waals surface area (Å²) in [7, 11) is 1.63. The first-order chi connectivity index (χ1) is 14.6. The van der Waals surface area contributed by atoms with Crippen LogP contribution >= 0.6 is 0 Å². The number of aromatic hydroxyl groups is 1. The van der Waals surface area contributed by atoms with Gasteiger partial charge >= 0.3 is 0 Å². The summed E-state index contributed by atoms with van der Waals surface area (Å²) in [6.45, 7) is 0.393. The van der Waals surface area contributed by atoms with Crippen LogP contribution in [0.25, 0.3) is 0 Å². The molecule has 1 atom stereocenters. The van der Waals surface area contributed by atoms with Crippen LogP contribution < -0.4 is 15.0 Å². The number of methoxy groups -OCH3 is 1. The van der Waals surface area contributed by atoms with E-state index in [1.807, 2.05) is 42.5 Å². The second-order valence-electron chi connectivity index (χ2n) is 7.05. The average Bonchev–Trinajstić information content (AvgIpc) is 3.27. The van der Waals surface area contributed by atoms with E-state index in [1.54, 1.807) is 36.4 Å². The summed E-state index contributed by atoms with van der Waals surface area (Å²) in [6.07, 6.45) is 3.18. The zero-order valence-corrected chi connectivity index (χ0v) is 16.2. The van der Waals surface area contributed by atoms with Crippen LogP contribution in [-0.4, -0.2) is 21.8 Å². The monoisotopic (exact) mass is 401 g/mol. The van der Waals surface area contributed by atoms with Gasteiger partial charge in [0.1, 0.15) is 34.8 Å². The molecule has 3 heterocycles. The van der Waals surface area contributed by atoms with Gasteiger partial charge in [0.05, 0.1) is 25.5 Å². The lowest BCUT2D eigenvalue weighted by atomic mass is 9.84. The Balaban J connectivity index is 1.69. The second kappa shape index (κ2) is 7.11. The maximum absolute atomic E-state index is 9.94. The Labute approximate surface area is 172 Å². The fraction of sp³-hybridized carbons (Fsp3) is 0.130. The summed E-state index contributed by atoms with van der Waals surface area (Å²) in [5, 5.41) is 18.8. The number of fused-ring (bicyclic) bond motifs is 2. The zero-order chi connectivity index (χ0) is 20.7. The van der Waals surface area contributed by atoms with Gasteiger partial charge in [0, 0.05) is 17.5 Å². The van der Waals surface area contributed by atoms with Gasteiger partial charge in [-0.25, -0.2) is 4.98 Å². The Morgan fingerprint density at radius 1 is 1.17 bits per heavy atom. The Kier molecular flexibility index (Phi) is 4.28. The van der Waals surface area contributed by atoms with E-state index < -0.39 is 0 Å². The summed E-state index contributed by atoms with van der Waals surface area (Å²) < 4.78 is 18.4. The molecule has 0 fully saturated rings. The molecule has 5 rings (SSSR count). The Hall–Kier alpha value is -4.00. The van der Waals surface area contributed by atoms with Crippen molar-refractivity contribution in [1.82, 2.24) is 9.55 Å². The highest BCUT2D eigenvalue weighted by atomic mass is 16.5. The van der Waals surface area contributed by atoms with Gasteiger partial charge in [-0.1, -0.05) is 18.2 Å². The zero-order valence-electron chi connectivity index (χ0n) is 16.2. The molecular formula is C23H19N3O4. The number of hydrogen-bond acceptors (Lipinski definition) is 6. The van der Waals surface area contributed by atoms with Crippen molar-refractivity contribution in [3.05, 3.63) is 95.1 Å². The molecule has 2 N–H and O–H groups in total. The first-order valence-corrected chi connectivity index (χ1v) is 9.45. The van der Waals surface area contributed by atoms with Crippen molar-refractivity contribution in [3.8, 4) is 23.1 Å². The standard InChI is InChI=1S/C23H19N3O4/c1-28-16-7-4-14(5-8-16)20-18-9-6-15(27)11-19(18)30-23-21(20)22(24)26(13-25-23)12-17-3-2-10-29-17/h2-11,13,20,24,27H,12H2,1H3/t20-/m1/s1. The molecule has 30 heavy (non-hydrogen) atoms. The van der Waals surface area contributed by atoms with Crippen molar-refractivity contribution >= 4 is 0 Å². The van der Waals surface area contributed by atoms with Crippen LogP contribution in [0.2, 0.25) is 0 Å². The van der Waals surface area contributed by atoms with Crippen LogP contribution in [0.3, 0.4) is 0 Å².